The molecule has 0 aromatic heterocycles. The maximum atomic E-state index is 13.3. The fraction of sp³-hybridized carbons (Fsp3) is 0.818. The fourth-order valence-electron chi connectivity index (χ4n) is 6.12. The average Bonchev–Trinajstić information content (AvgIpc) is 2.65. The van der Waals surface area contributed by atoms with Crippen LogP contribution in [0.3, 0.4) is 0 Å². The maximum Gasteiger partial charge on any atom is 0.305 e. The van der Waals surface area contributed by atoms with E-state index in [1.807, 2.05) is 0 Å². The van der Waals surface area contributed by atoms with E-state index < -0.39 is 12.0 Å². The van der Waals surface area contributed by atoms with Crippen LogP contribution in [0.2, 0.25) is 0 Å². The van der Waals surface area contributed by atoms with Crippen molar-refractivity contribution in [1.82, 2.24) is 16.0 Å². The van der Waals surface area contributed by atoms with Gasteiger partial charge in [0.25, 0.3) is 0 Å². The standard InChI is InChI=1S/C22H35N3O5/c1-14(26)23-6-3-2-4-18(20(29)24-7-5-19(27)28)25-21(30)22-11-15-8-16(12-22)10-17(9-15)13-22/h15-18H,2-13H2,1H3,(H,23,26)(H,24,29)(H,25,30)(H,27,28). The number of carboxylic acids is 1. The van der Waals surface area contributed by atoms with Crippen LogP contribution in [0.1, 0.15) is 71.1 Å². The van der Waals surface area contributed by atoms with Gasteiger partial charge in [-0.15, -0.1) is 0 Å². The SMILES string of the molecule is CC(=O)NCCCCC(NC(=O)C12CC3CC(CC(C3)C1)C2)C(=O)NCCC(=O)O. The number of amides is 3. The molecule has 4 N–H and O–H groups in total. The molecule has 168 valence electrons. The molecule has 1 atom stereocenters. The van der Waals surface area contributed by atoms with Gasteiger partial charge in [0.1, 0.15) is 6.04 Å². The molecular weight excluding hydrogens is 386 g/mol. The van der Waals surface area contributed by atoms with E-state index in [4.69, 9.17) is 5.11 Å². The Labute approximate surface area is 177 Å². The zero-order chi connectivity index (χ0) is 21.7. The highest BCUT2D eigenvalue weighted by atomic mass is 16.4. The molecule has 0 heterocycles. The predicted molar refractivity (Wildman–Crippen MR) is 110 cm³/mol. The van der Waals surface area contributed by atoms with Crippen molar-refractivity contribution >= 4 is 23.7 Å². The zero-order valence-corrected chi connectivity index (χ0v) is 17.9. The molecule has 3 amide bonds. The van der Waals surface area contributed by atoms with E-state index in [0.29, 0.717) is 43.6 Å². The monoisotopic (exact) mass is 421 g/mol. The minimum Gasteiger partial charge on any atom is -0.481 e. The maximum absolute atomic E-state index is 13.3. The normalized spacial score (nSPS) is 29.8. The van der Waals surface area contributed by atoms with Crippen molar-refractivity contribution < 1.29 is 24.3 Å². The summed E-state index contributed by atoms with van der Waals surface area (Å²) < 4.78 is 0. The van der Waals surface area contributed by atoms with Crippen LogP contribution >= 0.6 is 0 Å². The van der Waals surface area contributed by atoms with Gasteiger partial charge in [-0.2, -0.15) is 0 Å². The van der Waals surface area contributed by atoms with Crippen LogP contribution in [0, 0.1) is 23.2 Å². The number of aliphatic carboxylic acids is 1. The summed E-state index contributed by atoms with van der Waals surface area (Å²) >= 11 is 0. The van der Waals surface area contributed by atoms with Gasteiger partial charge in [-0.25, -0.2) is 0 Å². The van der Waals surface area contributed by atoms with Gasteiger partial charge in [0.15, 0.2) is 0 Å². The second-order valence-electron chi connectivity index (χ2n) is 9.64. The number of nitrogens with one attached hydrogen (secondary N) is 3. The lowest BCUT2D eigenvalue weighted by molar-refractivity contribution is -0.148. The molecule has 0 aromatic rings. The Balaban J connectivity index is 1.57. The second kappa shape index (κ2) is 9.79. The number of carbonyl (C=O) groups is 4. The number of carboxylic acid groups (broad SMARTS) is 1. The van der Waals surface area contributed by atoms with Crippen molar-refractivity contribution in [2.75, 3.05) is 13.1 Å². The van der Waals surface area contributed by atoms with E-state index in [1.165, 1.54) is 26.2 Å². The number of carbonyl (C=O) groups excluding carboxylic acids is 3. The molecule has 4 saturated carbocycles. The average molecular weight is 422 g/mol. The molecule has 4 fully saturated rings. The topological polar surface area (TPSA) is 125 Å². The fourth-order valence-corrected chi connectivity index (χ4v) is 6.12. The van der Waals surface area contributed by atoms with E-state index in [-0.39, 0.29) is 36.1 Å². The highest BCUT2D eigenvalue weighted by Crippen LogP contribution is 2.60. The third-order valence-electron chi connectivity index (χ3n) is 7.07. The first kappa shape index (κ1) is 22.6. The quantitative estimate of drug-likeness (QED) is 0.377. The smallest absolute Gasteiger partial charge is 0.305 e. The largest absolute Gasteiger partial charge is 0.481 e. The van der Waals surface area contributed by atoms with Crippen molar-refractivity contribution in [2.45, 2.75) is 77.2 Å². The van der Waals surface area contributed by atoms with Crippen LogP contribution in [0.4, 0.5) is 0 Å². The third kappa shape index (κ3) is 5.73. The number of rotatable bonds is 11. The highest BCUT2D eigenvalue weighted by molar-refractivity contribution is 5.90. The first-order valence-electron chi connectivity index (χ1n) is 11.3. The van der Waals surface area contributed by atoms with Crippen molar-refractivity contribution in [2.24, 2.45) is 23.2 Å². The summed E-state index contributed by atoms with van der Waals surface area (Å²) in [5.74, 6) is 0.538. The molecule has 0 spiro atoms. The number of hydrogen-bond acceptors (Lipinski definition) is 4. The van der Waals surface area contributed by atoms with Gasteiger partial charge in [0.2, 0.25) is 17.7 Å². The lowest BCUT2D eigenvalue weighted by Gasteiger charge is -2.55. The summed E-state index contributed by atoms with van der Waals surface area (Å²) in [7, 11) is 0. The Kier molecular flexibility index (Phi) is 7.36. The number of hydrogen-bond donors (Lipinski definition) is 4. The molecule has 0 aliphatic heterocycles. The molecule has 4 bridgehead atoms. The molecule has 0 aromatic carbocycles. The number of unbranched alkanes of at least 4 members (excludes halogenated alkanes) is 1. The summed E-state index contributed by atoms with van der Waals surface area (Å²) in [6, 6.07) is -0.670. The van der Waals surface area contributed by atoms with Crippen LogP contribution < -0.4 is 16.0 Å². The minimum absolute atomic E-state index is 0.00171. The van der Waals surface area contributed by atoms with Crippen LogP contribution in [0.25, 0.3) is 0 Å². The van der Waals surface area contributed by atoms with Crippen molar-refractivity contribution in [3.8, 4) is 0 Å². The van der Waals surface area contributed by atoms with Gasteiger partial charge < -0.3 is 21.1 Å². The molecule has 30 heavy (non-hydrogen) atoms. The van der Waals surface area contributed by atoms with Gasteiger partial charge in [0, 0.05) is 25.4 Å². The molecule has 4 aliphatic rings. The summed E-state index contributed by atoms with van der Waals surface area (Å²) in [5, 5.41) is 17.2. The first-order chi connectivity index (χ1) is 14.3. The Morgan fingerprint density at radius 2 is 1.53 bits per heavy atom. The molecule has 8 heteroatoms. The summed E-state index contributed by atoms with van der Waals surface area (Å²) in [5.41, 5.74) is -0.329. The summed E-state index contributed by atoms with van der Waals surface area (Å²) in [6.45, 7) is 2.04. The van der Waals surface area contributed by atoms with Crippen LogP contribution in [-0.2, 0) is 19.2 Å². The Bertz CT molecular complexity index is 642. The van der Waals surface area contributed by atoms with Crippen LogP contribution in [-0.4, -0.2) is 47.9 Å². The molecule has 0 radical (unpaired) electrons. The molecular formula is C22H35N3O5. The Morgan fingerprint density at radius 1 is 0.933 bits per heavy atom. The van der Waals surface area contributed by atoms with Gasteiger partial charge >= 0.3 is 5.97 Å². The molecule has 1 unspecified atom stereocenters. The Morgan fingerprint density at radius 3 is 2.07 bits per heavy atom. The molecule has 4 aliphatic carbocycles. The van der Waals surface area contributed by atoms with Gasteiger partial charge in [0.05, 0.1) is 6.42 Å². The molecule has 4 rings (SSSR count). The summed E-state index contributed by atoms with van der Waals surface area (Å²) in [6.07, 6.45) is 8.24. The molecule has 0 saturated heterocycles. The van der Waals surface area contributed by atoms with Crippen LogP contribution in [0.5, 0.6) is 0 Å². The van der Waals surface area contributed by atoms with Gasteiger partial charge in [-0.1, -0.05) is 0 Å². The van der Waals surface area contributed by atoms with Gasteiger partial charge in [-0.3, -0.25) is 19.2 Å². The summed E-state index contributed by atoms with van der Waals surface area (Å²) in [4.78, 5) is 47.7. The second-order valence-corrected chi connectivity index (χ2v) is 9.64. The van der Waals surface area contributed by atoms with E-state index in [2.05, 4.69) is 16.0 Å². The van der Waals surface area contributed by atoms with Gasteiger partial charge in [-0.05, 0) is 75.5 Å². The lowest BCUT2D eigenvalue weighted by atomic mass is 9.49. The predicted octanol–water partition coefficient (Wildman–Crippen LogP) is 1.58. The third-order valence-corrected chi connectivity index (χ3v) is 7.07. The van der Waals surface area contributed by atoms with E-state index in [0.717, 1.165) is 19.3 Å². The minimum atomic E-state index is -0.972. The van der Waals surface area contributed by atoms with E-state index >= 15 is 0 Å². The Hall–Kier alpha value is -2.12. The van der Waals surface area contributed by atoms with Crippen LogP contribution in [0.15, 0.2) is 0 Å². The highest BCUT2D eigenvalue weighted by Gasteiger charge is 2.54. The molecule has 8 nitrogen and oxygen atoms in total. The van der Waals surface area contributed by atoms with Crippen molar-refractivity contribution in [3.05, 3.63) is 0 Å². The first-order valence-corrected chi connectivity index (χ1v) is 11.3. The van der Waals surface area contributed by atoms with Crippen molar-refractivity contribution in [3.63, 3.8) is 0 Å². The van der Waals surface area contributed by atoms with E-state index in [9.17, 15) is 19.2 Å². The van der Waals surface area contributed by atoms with E-state index in [1.54, 1.807) is 0 Å². The lowest BCUT2D eigenvalue weighted by Crippen LogP contribution is -2.57. The van der Waals surface area contributed by atoms with Crippen molar-refractivity contribution in [1.29, 1.82) is 0 Å². The zero-order valence-electron chi connectivity index (χ0n) is 17.9.